The molecule has 1 amide bonds. The molecule has 0 aromatic heterocycles. The Morgan fingerprint density at radius 3 is 3.18 bits per heavy atom. The van der Waals surface area contributed by atoms with E-state index in [1.807, 2.05) is 6.92 Å². The lowest BCUT2D eigenvalue weighted by atomic mass is 10.0. The second-order valence-electron chi connectivity index (χ2n) is 3.31. The highest BCUT2D eigenvalue weighted by molar-refractivity contribution is 6.00. The molecule has 0 bridgehead atoms. The van der Waals surface area contributed by atoms with E-state index in [1.165, 1.54) is 0 Å². The highest BCUT2D eigenvalue weighted by Gasteiger charge is 2.35. The van der Waals surface area contributed by atoms with E-state index in [0.717, 1.165) is 25.1 Å². The van der Waals surface area contributed by atoms with Crippen molar-refractivity contribution in [2.75, 3.05) is 0 Å². The van der Waals surface area contributed by atoms with Crippen LogP contribution in [0.4, 0.5) is 0 Å². The van der Waals surface area contributed by atoms with E-state index >= 15 is 0 Å². The number of fused-ring (bicyclic) bond motifs is 1. The molecule has 2 rings (SSSR count). The van der Waals surface area contributed by atoms with Crippen molar-refractivity contribution in [3.05, 3.63) is 0 Å². The van der Waals surface area contributed by atoms with Crippen LogP contribution in [0, 0.1) is 5.92 Å². The molecule has 0 spiro atoms. The average molecular weight is 152 g/mol. The Morgan fingerprint density at radius 1 is 1.55 bits per heavy atom. The van der Waals surface area contributed by atoms with Gasteiger partial charge in [-0.3, -0.25) is 9.79 Å². The monoisotopic (exact) mass is 152 g/mol. The summed E-state index contributed by atoms with van der Waals surface area (Å²) < 4.78 is 0. The molecular weight excluding hydrogens is 140 g/mol. The van der Waals surface area contributed by atoms with Crippen LogP contribution in [-0.4, -0.2) is 17.8 Å². The van der Waals surface area contributed by atoms with Crippen molar-refractivity contribution >= 4 is 11.7 Å². The molecule has 11 heavy (non-hydrogen) atoms. The maximum atomic E-state index is 11.3. The number of hydrogen-bond donors (Lipinski definition) is 1. The van der Waals surface area contributed by atoms with Gasteiger partial charge in [0.05, 0.1) is 12.0 Å². The molecule has 0 saturated heterocycles. The lowest BCUT2D eigenvalue weighted by molar-refractivity contribution is -0.124. The number of nitrogens with one attached hydrogen (secondary N) is 1. The number of amides is 1. The van der Waals surface area contributed by atoms with Crippen molar-refractivity contribution < 1.29 is 4.79 Å². The van der Waals surface area contributed by atoms with Gasteiger partial charge >= 0.3 is 0 Å². The van der Waals surface area contributed by atoms with Gasteiger partial charge in [-0.25, -0.2) is 0 Å². The van der Waals surface area contributed by atoms with E-state index in [1.54, 1.807) is 0 Å². The molecule has 2 unspecified atom stereocenters. The van der Waals surface area contributed by atoms with Gasteiger partial charge in [-0.05, 0) is 19.8 Å². The van der Waals surface area contributed by atoms with Crippen molar-refractivity contribution in [2.24, 2.45) is 10.9 Å². The first-order valence-corrected chi connectivity index (χ1v) is 4.12. The summed E-state index contributed by atoms with van der Waals surface area (Å²) >= 11 is 0. The zero-order chi connectivity index (χ0) is 7.84. The maximum absolute atomic E-state index is 11.3. The minimum Gasteiger partial charge on any atom is -0.314 e. The molecule has 1 N–H and O–H groups in total. The van der Waals surface area contributed by atoms with Crippen LogP contribution < -0.4 is 5.32 Å². The molecular formula is C8H12N2O. The predicted molar refractivity (Wildman–Crippen MR) is 42.4 cm³/mol. The van der Waals surface area contributed by atoms with Crippen LogP contribution >= 0.6 is 0 Å². The quantitative estimate of drug-likeness (QED) is 0.545. The number of carbonyl (C=O) groups excluding carboxylic acids is 1. The number of aliphatic imine (C=N–C) groups is 1. The van der Waals surface area contributed by atoms with Gasteiger partial charge < -0.3 is 5.32 Å². The Hall–Kier alpha value is -0.860. The fourth-order valence-electron chi connectivity index (χ4n) is 1.95. The highest BCUT2D eigenvalue weighted by Crippen LogP contribution is 2.30. The molecule has 1 aliphatic heterocycles. The third kappa shape index (κ3) is 1.04. The van der Waals surface area contributed by atoms with Crippen molar-refractivity contribution in [2.45, 2.75) is 32.2 Å². The zero-order valence-corrected chi connectivity index (χ0v) is 6.63. The molecule has 2 atom stereocenters. The number of carbonyl (C=O) groups is 1. The number of hydrogen-bond acceptors (Lipinski definition) is 2. The summed E-state index contributed by atoms with van der Waals surface area (Å²) in [5.41, 5.74) is 0. The van der Waals surface area contributed by atoms with Gasteiger partial charge in [-0.1, -0.05) is 6.42 Å². The van der Waals surface area contributed by atoms with Crippen molar-refractivity contribution in [1.29, 1.82) is 0 Å². The lowest BCUT2D eigenvalue weighted by Crippen LogP contribution is -2.42. The maximum Gasteiger partial charge on any atom is 0.230 e. The number of amidine groups is 1. The largest absolute Gasteiger partial charge is 0.314 e. The van der Waals surface area contributed by atoms with Crippen LogP contribution in [0.15, 0.2) is 4.99 Å². The third-order valence-corrected chi connectivity index (χ3v) is 2.48. The van der Waals surface area contributed by atoms with Gasteiger partial charge in [0, 0.05) is 0 Å². The number of nitrogens with zero attached hydrogens (tertiary/aromatic N) is 1. The fraction of sp³-hybridized carbons (Fsp3) is 0.750. The molecule has 3 heteroatoms. The van der Waals surface area contributed by atoms with Crippen LogP contribution in [-0.2, 0) is 4.79 Å². The van der Waals surface area contributed by atoms with Crippen LogP contribution in [0.25, 0.3) is 0 Å². The van der Waals surface area contributed by atoms with Crippen molar-refractivity contribution in [3.8, 4) is 0 Å². The van der Waals surface area contributed by atoms with Gasteiger partial charge in [0.25, 0.3) is 0 Å². The molecule has 2 aliphatic rings. The molecule has 1 heterocycles. The van der Waals surface area contributed by atoms with Crippen molar-refractivity contribution in [3.63, 3.8) is 0 Å². The summed E-state index contributed by atoms with van der Waals surface area (Å²) in [5.74, 6) is 1.15. The summed E-state index contributed by atoms with van der Waals surface area (Å²) in [6.07, 6.45) is 3.27. The summed E-state index contributed by atoms with van der Waals surface area (Å²) in [4.78, 5) is 15.7. The third-order valence-electron chi connectivity index (χ3n) is 2.48. The second kappa shape index (κ2) is 2.32. The molecule has 0 aromatic rings. The topological polar surface area (TPSA) is 41.5 Å². The smallest absolute Gasteiger partial charge is 0.230 e. The fourth-order valence-corrected chi connectivity index (χ4v) is 1.95. The van der Waals surface area contributed by atoms with E-state index in [-0.39, 0.29) is 11.8 Å². The van der Waals surface area contributed by atoms with Gasteiger partial charge in [0.1, 0.15) is 5.84 Å². The van der Waals surface area contributed by atoms with Crippen LogP contribution in [0.5, 0.6) is 0 Å². The molecule has 1 aliphatic carbocycles. The Morgan fingerprint density at radius 2 is 2.36 bits per heavy atom. The SMILES string of the molecule is CC1=NC2CCCC2C(=O)N1. The number of rotatable bonds is 0. The van der Waals surface area contributed by atoms with E-state index < -0.39 is 0 Å². The predicted octanol–water partition coefficient (Wildman–Crippen LogP) is 0.703. The van der Waals surface area contributed by atoms with Gasteiger partial charge in [0.2, 0.25) is 5.91 Å². The highest BCUT2D eigenvalue weighted by atomic mass is 16.2. The zero-order valence-electron chi connectivity index (χ0n) is 6.63. The average Bonchev–Trinajstić information content (AvgIpc) is 2.34. The standard InChI is InChI=1S/C8H12N2O/c1-5-9-7-4-2-3-6(7)8(11)10-5/h6-7H,2-4H2,1H3,(H,9,10,11). The summed E-state index contributed by atoms with van der Waals surface area (Å²) in [7, 11) is 0. The van der Waals surface area contributed by atoms with Gasteiger partial charge in [0.15, 0.2) is 0 Å². The first-order valence-electron chi connectivity index (χ1n) is 4.12. The first-order chi connectivity index (χ1) is 5.27. The molecule has 3 nitrogen and oxygen atoms in total. The normalized spacial score (nSPS) is 36.1. The van der Waals surface area contributed by atoms with Crippen LogP contribution in [0.1, 0.15) is 26.2 Å². The Labute approximate surface area is 65.9 Å². The molecule has 0 radical (unpaired) electrons. The Bertz CT molecular complexity index is 222. The van der Waals surface area contributed by atoms with E-state index in [0.29, 0.717) is 6.04 Å². The molecule has 1 saturated carbocycles. The van der Waals surface area contributed by atoms with Crippen molar-refractivity contribution in [1.82, 2.24) is 5.32 Å². The summed E-state index contributed by atoms with van der Waals surface area (Å²) in [6.45, 7) is 1.85. The minimum atomic E-state index is 0.179. The summed E-state index contributed by atoms with van der Waals surface area (Å²) in [5, 5.41) is 2.76. The molecule has 0 aromatic carbocycles. The van der Waals surface area contributed by atoms with Crippen LogP contribution in [0.3, 0.4) is 0 Å². The Balaban J connectivity index is 2.25. The van der Waals surface area contributed by atoms with Crippen LogP contribution in [0.2, 0.25) is 0 Å². The van der Waals surface area contributed by atoms with E-state index in [4.69, 9.17) is 0 Å². The van der Waals surface area contributed by atoms with E-state index in [2.05, 4.69) is 10.3 Å². The molecule has 1 fully saturated rings. The van der Waals surface area contributed by atoms with E-state index in [9.17, 15) is 4.79 Å². The first kappa shape index (κ1) is 6.83. The Kier molecular flexibility index (Phi) is 1.44. The lowest BCUT2D eigenvalue weighted by Gasteiger charge is -2.21. The minimum absolute atomic E-state index is 0.179. The van der Waals surface area contributed by atoms with Gasteiger partial charge in [-0.15, -0.1) is 0 Å². The molecule has 60 valence electrons. The van der Waals surface area contributed by atoms with Gasteiger partial charge in [-0.2, -0.15) is 0 Å². The second-order valence-corrected chi connectivity index (χ2v) is 3.31. The summed E-state index contributed by atoms with van der Waals surface area (Å²) in [6, 6.07) is 0.295.